The van der Waals surface area contributed by atoms with Crippen LogP contribution in [-0.2, 0) is 9.53 Å². The summed E-state index contributed by atoms with van der Waals surface area (Å²) in [6, 6.07) is 11.6. The van der Waals surface area contributed by atoms with E-state index in [1.165, 1.54) is 20.3 Å². The maximum atomic E-state index is 13.4. The van der Waals surface area contributed by atoms with Crippen molar-refractivity contribution in [1.82, 2.24) is 9.78 Å². The molecule has 0 bridgehead atoms. The van der Waals surface area contributed by atoms with Gasteiger partial charge in [0, 0.05) is 21.9 Å². The molecule has 0 saturated heterocycles. The van der Waals surface area contributed by atoms with Gasteiger partial charge in [0.2, 0.25) is 5.91 Å². The van der Waals surface area contributed by atoms with E-state index in [4.69, 9.17) is 25.8 Å². The Labute approximate surface area is 220 Å². The molecule has 2 aromatic carbocycles. The maximum absolute atomic E-state index is 13.4. The van der Waals surface area contributed by atoms with E-state index >= 15 is 0 Å². The number of hydrogen-bond donors (Lipinski definition) is 1. The summed E-state index contributed by atoms with van der Waals surface area (Å²) in [5, 5.41) is 9.78. The number of fused-ring (bicyclic) bond motifs is 1. The molecular weight excluding hydrogens is 518 g/mol. The van der Waals surface area contributed by atoms with Gasteiger partial charge in [0.15, 0.2) is 17.2 Å². The molecule has 4 aromatic rings. The zero-order chi connectivity index (χ0) is 26.5. The molecule has 4 rings (SSSR count). The lowest BCUT2D eigenvalue weighted by molar-refractivity contribution is -0.111. The van der Waals surface area contributed by atoms with Gasteiger partial charge in [-0.15, -0.1) is 11.3 Å². The number of halogens is 1. The Morgan fingerprint density at radius 1 is 1.11 bits per heavy atom. The van der Waals surface area contributed by atoms with Crippen LogP contribution in [0.2, 0.25) is 5.02 Å². The number of aromatic nitrogens is 2. The molecule has 11 heteroatoms. The maximum Gasteiger partial charge on any atom is 0.359 e. The van der Waals surface area contributed by atoms with Crippen LogP contribution in [0.15, 0.2) is 58.7 Å². The number of benzene rings is 2. The fraction of sp³-hybridized carbons (Fsp3) is 0.154. The molecule has 0 aliphatic rings. The van der Waals surface area contributed by atoms with Crippen LogP contribution in [0.1, 0.15) is 23.0 Å². The first-order chi connectivity index (χ1) is 17.9. The van der Waals surface area contributed by atoms with Gasteiger partial charge in [-0.3, -0.25) is 9.59 Å². The molecule has 0 aliphatic heterocycles. The molecule has 190 valence electrons. The monoisotopic (exact) mass is 539 g/mol. The Kier molecular flexibility index (Phi) is 7.90. The number of nitrogens with zero attached hydrogens (tertiary/aromatic N) is 2. The summed E-state index contributed by atoms with van der Waals surface area (Å²) in [5.74, 6) is -0.0575. The van der Waals surface area contributed by atoms with Gasteiger partial charge in [-0.25, -0.2) is 4.79 Å². The first-order valence-electron chi connectivity index (χ1n) is 11.0. The summed E-state index contributed by atoms with van der Waals surface area (Å²) in [6.07, 6.45) is 2.93. The number of methoxy groups -OCH3 is 2. The van der Waals surface area contributed by atoms with Crippen LogP contribution >= 0.6 is 22.9 Å². The summed E-state index contributed by atoms with van der Waals surface area (Å²) in [5.41, 5.74) is 0.566. The van der Waals surface area contributed by atoms with E-state index in [0.29, 0.717) is 27.8 Å². The van der Waals surface area contributed by atoms with Crippen molar-refractivity contribution >= 4 is 56.7 Å². The van der Waals surface area contributed by atoms with Crippen molar-refractivity contribution in [3.05, 3.63) is 80.6 Å². The second kappa shape index (κ2) is 11.3. The summed E-state index contributed by atoms with van der Waals surface area (Å²) in [4.78, 5) is 38.9. The highest BCUT2D eigenvalue weighted by atomic mass is 35.5. The zero-order valence-electron chi connectivity index (χ0n) is 20.1. The van der Waals surface area contributed by atoms with E-state index in [1.807, 2.05) is 0 Å². The highest BCUT2D eigenvalue weighted by Crippen LogP contribution is 2.31. The van der Waals surface area contributed by atoms with E-state index in [2.05, 4.69) is 10.4 Å². The number of rotatable bonds is 8. The van der Waals surface area contributed by atoms with Gasteiger partial charge in [-0.2, -0.15) is 9.78 Å². The topological polar surface area (TPSA) is 109 Å². The number of nitrogens with one attached hydrogen (secondary N) is 1. The highest BCUT2D eigenvalue weighted by molar-refractivity contribution is 7.16. The lowest BCUT2D eigenvalue weighted by Gasteiger charge is -2.10. The fourth-order valence-corrected chi connectivity index (χ4v) is 4.60. The number of anilines is 1. The van der Waals surface area contributed by atoms with Crippen LogP contribution < -0.4 is 20.3 Å². The van der Waals surface area contributed by atoms with Crippen LogP contribution in [0, 0.1) is 0 Å². The molecule has 0 saturated carbocycles. The molecule has 1 N–H and O–H groups in total. The van der Waals surface area contributed by atoms with Crippen molar-refractivity contribution in [1.29, 1.82) is 0 Å². The molecule has 0 atom stereocenters. The molecule has 0 unspecified atom stereocenters. The van der Waals surface area contributed by atoms with Crippen LogP contribution in [0.5, 0.6) is 11.5 Å². The van der Waals surface area contributed by atoms with Gasteiger partial charge in [-0.05, 0) is 55.0 Å². The van der Waals surface area contributed by atoms with Crippen LogP contribution in [0.4, 0.5) is 5.00 Å². The number of ether oxygens (including phenoxy) is 3. The predicted molar refractivity (Wildman–Crippen MR) is 143 cm³/mol. The van der Waals surface area contributed by atoms with Crippen LogP contribution in [0.3, 0.4) is 0 Å². The molecule has 0 fully saturated rings. The SMILES string of the molecule is CCOC(=O)c1nn(-c2ccc(Cl)cc2)c(=O)c2c(NC(=O)/C=C/c3ccc(OC)c(OC)c3)scc12. The third-order valence-corrected chi connectivity index (χ3v) is 6.41. The van der Waals surface area contributed by atoms with Gasteiger partial charge in [0.1, 0.15) is 5.00 Å². The van der Waals surface area contributed by atoms with Crippen molar-refractivity contribution in [2.24, 2.45) is 0 Å². The quantitative estimate of drug-likeness (QED) is 0.249. The smallest absolute Gasteiger partial charge is 0.359 e. The number of hydrogen-bond acceptors (Lipinski definition) is 8. The molecule has 2 aromatic heterocycles. The highest BCUT2D eigenvalue weighted by Gasteiger charge is 2.23. The third kappa shape index (κ3) is 5.50. The third-order valence-electron chi connectivity index (χ3n) is 5.26. The number of thiophene rings is 1. The number of carbonyl (C=O) groups excluding carboxylic acids is 2. The van der Waals surface area contributed by atoms with Crippen molar-refractivity contribution in [2.45, 2.75) is 6.92 Å². The largest absolute Gasteiger partial charge is 0.493 e. The normalized spacial score (nSPS) is 11.0. The summed E-state index contributed by atoms with van der Waals surface area (Å²) in [6.45, 7) is 1.81. The van der Waals surface area contributed by atoms with Crippen LogP contribution in [-0.4, -0.2) is 42.5 Å². The van der Waals surface area contributed by atoms with Gasteiger partial charge in [-0.1, -0.05) is 17.7 Å². The van der Waals surface area contributed by atoms with E-state index in [-0.39, 0.29) is 28.1 Å². The summed E-state index contributed by atoms with van der Waals surface area (Å²) >= 11 is 7.09. The Bertz CT molecular complexity index is 1560. The first kappa shape index (κ1) is 25.9. The Balaban J connectivity index is 1.72. The molecule has 0 radical (unpaired) electrons. The number of esters is 1. The first-order valence-corrected chi connectivity index (χ1v) is 12.3. The lowest BCUT2D eigenvalue weighted by Crippen LogP contribution is -2.25. The molecule has 2 heterocycles. The lowest BCUT2D eigenvalue weighted by atomic mass is 10.2. The summed E-state index contributed by atoms with van der Waals surface area (Å²) in [7, 11) is 3.06. The Morgan fingerprint density at radius 3 is 2.51 bits per heavy atom. The summed E-state index contributed by atoms with van der Waals surface area (Å²) < 4.78 is 16.7. The number of amides is 1. The fourth-order valence-electron chi connectivity index (χ4n) is 3.53. The molecule has 0 spiro atoms. The minimum Gasteiger partial charge on any atom is -0.493 e. The standard InChI is InChI=1S/C26H22ClN3O6S/c1-4-36-26(33)23-18-14-37-24(22(18)25(32)30(29-23)17-9-7-16(27)8-10-17)28-21(31)12-6-15-5-11-19(34-2)20(13-15)35-3/h5-14H,4H2,1-3H3,(H,28,31)/b12-6+. The minimum absolute atomic E-state index is 0.0379. The number of carbonyl (C=O) groups is 2. The van der Waals surface area contributed by atoms with E-state index < -0.39 is 17.4 Å². The van der Waals surface area contributed by atoms with Crippen molar-refractivity contribution in [3.63, 3.8) is 0 Å². The van der Waals surface area contributed by atoms with E-state index in [1.54, 1.807) is 60.8 Å². The van der Waals surface area contributed by atoms with Gasteiger partial charge < -0.3 is 19.5 Å². The van der Waals surface area contributed by atoms with E-state index in [9.17, 15) is 14.4 Å². The van der Waals surface area contributed by atoms with Crippen molar-refractivity contribution < 1.29 is 23.8 Å². The second-order valence-electron chi connectivity index (χ2n) is 7.55. The Morgan fingerprint density at radius 2 is 1.84 bits per heavy atom. The van der Waals surface area contributed by atoms with Gasteiger partial charge >= 0.3 is 5.97 Å². The van der Waals surface area contributed by atoms with Crippen molar-refractivity contribution in [2.75, 3.05) is 26.1 Å². The molecular formula is C26H22ClN3O6S. The Hall–Kier alpha value is -4.15. The predicted octanol–water partition coefficient (Wildman–Crippen LogP) is 4.95. The molecule has 1 amide bonds. The van der Waals surface area contributed by atoms with Crippen LogP contribution in [0.25, 0.3) is 22.5 Å². The van der Waals surface area contributed by atoms with E-state index in [0.717, 1.165) is 16.0 Å². The molecule has 37 heavy (non-hydrogen) atoms. The average Bonchev–Trinajstić information content (AvgIpc) is 3.32. The molecule has 0 aliphatic carbocycles. The zero-order valence-corrected chi connectivity index (χ0v) is 21.7. The molecule has 9 nitrogen and oxygen atoms in total. The van der Waals surface area contributed by atoms with Gasteiger partial charge in [0.05, 0.1) is 31.9 Å². The second-order valence-corrected chi connectivity index (χ2v) is 8.87. The van der Waals surface area contributed by atoms with Crippen molar-refractivity contribution in [3.8, 4) is 17.2 Å². The van der Waals surface area contributed by atoms with Gasteiger partial charge in [0.25, 0.3) is 5.56 Å². The minimum atomic E-state index is -0.681. The average molecular weight is 540 g/mol.